The van der Waals surface area contributed by atoms with Gasteiger partial charge < -0.3 is 18.3 Å². The molecule has 1 unspecified atom stereocenters. The van der Waals surface area contributed by atoms with Gasteiger partial charge in [-0.25, -0.2) is 9.59 Å². The third kappa shape index (κ3) is 8.25. The summed E-state index contributed by atoms with van der Waals surface area (Å²) in [4.78, 5) is 41.2. The quantitative estimate of drug-likeness (QED) is 0.214. The van der Waals surface area contributed by atoms with Gasteiger partial charge in [0.05, 0.1) is 6.10 Å². The van der Waals surface area contributed by atoms with Gasteiger partial charge in [-0.3, -0.25) is 14.3 Å². The van der Waals surface area contributed by atoms with Crippen LogP contribution in [-0.2, 0) is 28.5 Å². The van der Waals surface area contributed by atoms with Crippen LogP contribution >= 0.6 is 15.9 Å². The van der Waals surface area contributed by atoms with E-state index >= 15 is 0 Å². The summed E-state index contributed by atoms with van der Waals surface area (Å²) in [6, 6.07) is 0. The zero-order valence-corrected chi connectivity index (χ0v) is 29.6. The summed E-state index contributed by atoms with van der Waals surface area (Å²) in [7, 11) is -4.81. The first-order valence-corrected chi connectivity index (χ1v) is 20.5. The van der Waals surface area contributed by atoms with E-state index in [9.17, 15) is 14.4 Å². The molecule has 1 aromatic heterocycles. The molecule has 1 aromatic rings. The Morgan fingerprint density at radius 3 is 2.05 bits per heavy atom. The van der Waals surface area contributed by atoms with Crippen molar-refractivity contribution in [2.24, 2.45) is 0 Å². The van der Waals surface area contributed by atoms with E-state index in [-0.39, 0.29) is 15.4 Å². The number of hydrogen-bond donors (Lipinski definition) is 1. The number of nitrogens with one attached hydrogen (secondary N) is 1. The minimum Gasteiger partial charge on any atom is -0.458 e. The number of ether oxygens (including phenoxy) is 2. The molecule has 0 spiro atoms. The summed E-state index contributed by atoms with van der Waals surface area (Å²) in [6.07, 6.45) is -1.36. The van der Waals surface area contributed by atoms with Crippen LogP contribution in [0.4, 0.5) is 0 Å². The van der Waals surface area contributed by atoms with Gasteiger partial charge in [-0.05, 0) is 57.0 Å². The van der Waals surface area contributed by atoms with Gasteiger partial charge in [0.15, 0.2) is 22.7 Å². The molecular weight excluding hydrogens is 600 g/mol. The average molecular weight is 650 g/mol. The first-order valence-electron chi connectivity index (χ1n) is 13.5. The van der Waals surface area contributed by atoms with Gasteiger partial charge in [-0.2, -0.15) is 0 Å². The van der Waals surface area contributed by atoms with Crippen LogP contribution in [0, 0.1) is 0 Å². The van der Waals surface area contributed by atoms with Gasteiger partial charge in [0.2, 0.25) is 0 Å². The van der Waals surface area contributed by atoms with Gasteiger partial charge >= 0.3 is 11.7 Å². The first kappa shape index (κ1) is 34.1. The van der Waals surface area contributed by atoms with Crippen LogP contribution < -0.4 is 11.2 Å². The van der Waals surface area contributed by atoms with Crippen molar-refractivity contribution >= 4 is 38.5 Å². The van der Waals surface area contributed by atoms with Gasteiger partial charge in [0, 0.05) is 23.5 Å². The second-order valence-corrected chi connectivity index (χ2v) is 24.6. The molecule has 9 nitrogen and oxygen atoms in total. The van der Waals surface area contributed by atoms with Crippen molar-refractivity contribution in [1.82, 2.24) is 9.55 Å². The van der Waals surface area contributed by atoms with Crippen LogP contribution in [0.1, 0.15) is 80.5 Å². The molecule has 0 saturated carbocycles. The van der Waals surface area contributed by atoms with E-state index in [0.717, 1.165) is 0 Å². The van der Waals surface area contributed by atoms with E-state index in [1.807, 2.05) is 20.8 Å². The molecule has 2 heterocycles. The van der Waals surface area contributed by atoms with E-state index < -0.39 is 64.0 Å². The number of carbonyl (C=O) groups is 1. The first-order chi connectivity index (χ1) is 17.4. The molecule has 1 N–H and O–H groups in total. The Labute approximate surface area is 243 Å². The molecule has 1 saturated heterocycles. The van der Waals surface area contributed by atoms with Gasteiger partial charge in [0.1, 0.15) is 17.9 Å². The third-order valence-electron chi connectivity index (χ3n) is 8.03. The lowest BCUT2D eigenvalue weighted by Gasteiger charge is -2.43. The van der Waals surface area contributed by atoms with Crippen molar-refractivity contribution in [3.05, 3.63) is 32.6 Å². The van der Waals surface area contributed by atoms with Crippen LogP contribution in [-0.4, -0.2) is 56.1 Å². The molecule has 0 radical (unpaired) electrons. The fourth-order valence-corrected chi connectivity index (χ4v) is 6.67. The molecule has 39 heavy (non-hydrogen) atoms. The standard InChI is InChI=1S/C27H49BrN2O7Si2/c1-25(2,3)35-23(32)21(37-39(12,13)27(7,8)9)20-18(36-38(10,11)26(4,5)6)14-19(34-20)30-16-17(15-28)22(31)29-24(30)33/h16,18-21H,14-15H2,1-13H3,(H,29,31,33)/t18-,19+,20-,21?/m0/s1. The predicted molar refractivity (Wildman–Crippen MR) is 162 cm³/mol. The molecule has 0 amide bonds. The van der Waals surface area contributed by atoms with Gasteiger partial charge in [-0.15, -0.1) is 0 Å². The second-order valence-electron chi connectivity index (χ2n) is 14.5. The zero-order valence-electron chi connectivity index (χ0n) is 26.0. The summed E-state index contributed by atoms with van der Waals surface area (Å²) < 4.78 is 27.3. The van der Waals surface area contributed by atoms with Crippen LogP contribution in [0.3, 0.4) is 0 Å². The molecule has 1 aliphatic rings. The number of H-pyrrole nitrogens is 1. The van der Waals surface area contributed by atoms with Crippen LogP contribution in [0.2, 0.25) is 36.3 Å². The Kier molecular flexibility index (Phi) is 10.2. The zero-order chi connectivity index (χ0) is 30.4. The van der Waals surface area contributed by atoms with Crippen molar-refractivity contribution < 1.29 is 23.1 Å². The number of halogens is 1. The molecule has 0 bridgehead atoms. The molecule has 4 atom stereocenters. The van der Waals surface area contributed by atoms with Crippen molar-refractivity contribution in [2.75, 3.05) is 0 Å². The lowest BCUT2D eigenvalue weighted by Crippen LogP contribution is -2.55. The lowest BCUT2D eigenvalue weighted by atomic mass is 10.1. The fraction of sp³-hybridized carbons (Fsp3) is 0.815. The summed E-state index contributed by atoms with van der Waals surface area (Å²) in [6.45, 7) is 26.7. The van der Waals surface area contributed by atoms with Crippen LogP contribution in [0.15, 0.2) is 15.8 Å². The van der Waals surface area contributed by atoms with E-state index in [0.29, 0.717) is 12.0 Å². The number of carbonyl (C=O) groups excluding carboxylic acids is 1. The van der Waals surface area contributed by atoms with Crippen molar-refractivity contribution in [1.29, 1.82) is 0 Å². The van der Waals surface area contributed by atoms with Crippen molar-refractivity contribution in [3.63, 3.8) is 0 Å². The highest BCUT2D eigenvalue weighted by Gasteiger charge is 2.53. The van der Waals surface area contributed by atoms with E-state index in [2.05, 4.69) is 88.6 Å². The average Bonchev–Trinajstić information content (AvgIpc) is 3.11. The Bertz CT molecular complexity index is 1140. The SMILES string of the molecule is CC(C)(C)OC(=O)C(O[Si](C)(C)C(C)(C)C)[C@H]1O[C@@H](n2cc(CBr)c(=O)[nH]c2=O)C[C@@H]1O[Si](C)(C)C(C)(C)C. The predicted octanol–water partition coefficient (Wildman–Crippen LogP) is 5.84. The maximum atomic E-state index is 13.7. The van der Waals surface area contributed by atoms with Gasteiger partial charge in [-0.1, -0.05) is 57.5 Å². The highest BCUT2D eigenvalue weighted by molar-refractivity contribution is 9.08. The van der Waals surface area contributed by atoms with Crippen molar-refractivity contribution in [2.45, 2.75) is 140 Å². The van der Waals surface area contributed by atoms with Crippen molar-refractivity contribution in [3.8, 4) is 0 Å². The maximum absolute atomic E-state index is 13.7. The van der Waals surface area contributed by atoms with E-state index in [1.165, 1.54) is 10.8 Å². The largest absolute Gasteiger partial charge is 0.458 e. The Balaban J connectivity index is 2.66. The Hall–Kier alpha value is -1.06. The molecule has 0 aliphatic carbocycles. The summed E-state index contributed by atoms with van der Waals surface area (Å²) in [5.41, 5.74) is -1.38. The lowest BCUT2D eigenvalue weighted by molar-refractivity contribution is -0.175. The number of aromatic amines is 1. The van der Waals surface area contributed by atoms with Gasteiger partial charge in [0.25, 0.3) is 5.56 Å². The molecule has 2 rings (SSSR count). The molecule has 1 aliphatic heterocycles. The fourth-order valence-electron chi connectivity index (χ4n) is 3.71. The number of nitrogens with zero attached hydrogens (tertiary/aromatic N) is 1. The maximum Gasteiger partial charge on any atom is 0.337 e. The number of aromatic nitrogens is 2. The summed E-state index contributed by atoms with van der Waals surface area (Å²) in [5, 5.41) is -0.00530. The minimum atomic E-state index is -2.48. The topological polar surface area (TPSA) is 109 Å². The normalized spacial score (nSPS) is 22.2. The number of alkyl halides is 1. The highest BCUT2D eigenvalue weighted by Crippen LogP contribution is 2.44. The smallest absolute Gasteiger partial charge is 0.337 e. The number of rotatable bonds is 8. The Morgan fingerprint density at radius 2 is 1.59 bits per heavy atom. The second kappa shape index (κ2) is 11.7. The number of esters is 1. The summed E-state index contributed by atoms with van der Waals surface area (Å²) in [5.74, 6) is -0.517. The van der Waals surface area contributed by atoms with Crippen LogP contribution in [0.5, 0.6) is 0 Å². The van der Waals surface area contributed by atoms with E-state index in [1.54, 1.807) is 0 Å². The van der Waals surface area contributed by atoms with E-state index in [4.69, 9.17) is 18.3 Å². The monoisotopic (exact) mass is 648 g/mol. The van der Waals surface area contributed by atoms with Crippen LogP contribution in [0.25, 0.3) is 0 Å². The molecular formula is C27H49BrN2O7Si2. The minimum absolute atomic E-state index is 0.102. The summed E-state index contributed by atoms with van der Waals surface area (Å²) >= 11 is 3.31. The highest BCUT2D eigenvalue weighted by atomic mass is 79.9. The molecule has 0 aromatic carbocycles. The molecule has 12 heteroatoms. The Morgan fingerprint density at radius 1 is 1.05 bits per heavy atom. The third-order valence-corrected chi connectivity index (χ3v) is 17.6. The molecule has 224 valence electrons. The number of hydrogen-bond acceptors (Lipinski definition) is 7. The molecule has 1 fully saturated rings.